The van der Waals surface area contributed by atoms with E-state index in [4.69, 9.17) is 10.5 Å². The van der Waals surface area contributed by atoms with Crippen molar-refractivity contribution in [3.05, 3.63) is 0 Å². The van der Waals surface area contributed by atoms with Crippen LogP contribution in [0.2, 0.25) is 0 Å². The van der Waals surface area contributed by atoms with Gasteiger partial charge in [-0.2, -0.15) is 0 Å². The van der Waals surface area contributed by atoms with Gasteiger partial charge < -0.3 is 10.5 Å². The Balaban J connectivity index is 1.78. The van der Waals surface area contributed by atoms with Crippen LogP contribution < -0.4 is 5.73 Å². The quantitative estimate of drug-likeness (QED) is 0.797. The molecule has 2 fully saturated rings. The molecular formula is C14H27NO. The van der Waals surface area contributed by atoms with Gasteiger partial charge in [0.15, 0.2) is 0 Å². The van der Waals surface area contributed by atoms with Gasteiger partial charge in [0.25, 0.3) is 0 Å². The van der Waals surface area contributed by atoms with Gasteiger partial charge in [0.1, 0.15) is 0 Å². The third-order valence-electron chi connectivity index (χ3n) is 4.58. The Morgan fingerprint density at radius 2 is 2.12 bits per heavy atom. The fourth-order valence-electron chi connectivity index (χ4n) is 3.40. The van der Waals surface area contributed by atoms with Crippen molar-refractivity contribution in [2.24, 2.45) is 11.7 Å². The SMILES string of the molecule is CCC(N)CCC1CCOC2(CCCC2)C1. The Kier molecular flexibility index (Phi) is 4.26. The van der Waals surface area contributed by atoms with Gasteiger partial charge in [-0.15, -0.1) is 0 Å². The second kappa shape index (κ2) is 5.50. The first-order chi connectivity index (χ1) is 7.74. The van der Waals surface area contributed by atoms with Gasteiger partial charge in [0.2, 0.25) is 0 Å². The minimum atomic E-state index is 0.291. The van der Waals surface area contributed by atoms with E-state index in [1.165, 1.54) is 51.4 Å². The zero-order valence-corrected chi connectivity index (χ0v) is 10.7. The highest BCUT2D eigenvalue weighted by atomic mass is 16.5. The number of hydrogen-bond donors (Lipinski definition) is 1. The third kappa shape index (κ3) is 2.98. The predicted octanol–water partition coefficient (Wildman–Crippen LogP) is 3.24. The molecule has 94 valence electrons. The molecule has 0 radical (unpaired) electrons. The van der Waals surface area contributed by atoms with E-state index in [1.54, 1.807) is 0 Å². The number of nitrogens with two attached hydrogens (primary N) is 1. The predicted molar refractivity (Wildman–Crippen MR) is 67.4 cm³/mol. The molecule has 2 N–H and O–H groups in total. The first kappa shape index (κ1) is 12.4. The Bertz CT molecular complexity index is 211. The van der Waals surface area contributed by atoms with Crippen LogP contribution >= 0.6 is 0 Å². The van der Waals surface area contributed by atoms with Gasteiger partial charge in [0, 0.05) is 12.6 Å². The molecule has 2 unspecified atom stereocenters. The smallest absolute Gasteiger partial charge is 0.0685 e. The fourth-order valence-corrected chi connectivity index (χ4v) is 3.40. The lowest BCUT2D eigenvalue weighted by Gasteiger charge is -2.38. The summed E-state index contributed by atoms with van der Waals surface area (Å²) >= 11 is 0. The van der Waals surface area contributed by atoms with Crippen molar-refractivity contribution in [1.82, 2.24) is 0 Å². The van der Waals surface area contributed by atoms with Crippen LogP contribution in [0, 0.1) is 5.92 Å². The molecule has 2 rings (SSSR count). The van der Waals surface area contributed by atoms with Crippen molar-refractivity contribution in [3.8, 4) is 0 Å². The zero-order chi connectivity index (χ0) is 11.4. The molecule has 1 saturated carbocycles. The molecule has 0 amide bonds. The molecular weight excluding hydrogens is 198 g/mol. The van der Waals surface area contributed by atoms with Crippen molar-refractivity contribution in [1.29, 1.82) is 0 Å². The molecule has 2 atom stereocenters. The lowest BCUT2D eigenvalue weighted by Crippen LogP contribution is -2.37. The van der Waals surface area contributed by atoms with Gasteiger partial charge in [-0.3, -0.25) is 0 Å². The summed E-state index contributed by atoms with van der Waals surface area (Å²) in [5, 5.41) is 0. The maximum absolute atomic E-state index is 6.06. The van der Waals surface area contributed by atoms with Crippen molar-refractivity contribution in [2.45, 2.75) is 76.4 Å². The average Bonchev–Trinajstić information content (AvgIpc) is 2.74. The fraction of sp³-hybridized carbons (Fsp3) is 1.00. The van der Waals surface area contributed by atoms with Crippen LogP contribution in [0.3, 0.4) is 0 Å². The number of hydrogen-bond acceptors (Lipinski definition) is 2. The van der Waals surface area contributed by atoms with E-state index >= 15 is 0 Å². The Morgan fingerprint density at radius 1 is 1.38 bits per heavy atom. The van der Waals surface area contributed by atoms with Gasteiger partial charge in [-0.25, -0.2) is 0 Å². The summed E-state index contributed by atoms with van der Waals surface area (Å²) < 4.78 is 6.06. The summed E-state index contributed by atoms with van der Waals surface area (Å²) in [6, 6.07) is 0.419. The van der Waals surface area contributed by atoms with Crippen molar-refractivity contribution < 1.29 is 4.74 Å². The van der Waals surface area contributed by atoms with Crippen LogP contribution in [0.4, 0.5) is 0 Å². The maximum Gasteiger partial charge on any atom is 0.0685 e. The number of ether oxygens (including phenoxy) is 1. The van der Waals surface area contributed by atoms with Gasteiger partial charge >= 0.3 is 0 Å². The van der Waals surface area contributed by atoms with Gasteiger partial charge in [-0.05, 0) is 50.9 Å². The molecule has 2 aliphatic rings. The van der Waals surface area contributed by atoms with Gasteiger partial charge in [0.05, 0.1) is 5.60 Å². The highest BCUT2D eigenvalue weighted by Gasteiger charge is 2.39. The minimum Gasteiger partial charge on any atom is -0.375 e. The van der Waals surface area contributed by atoms with Crippen molar-refractivity contribution >= 4 is 0 Å². The Morgan fingerprint density at radius 3 is 2.81 bits per heavy atom. The van der Waals surface area contributed by atoms with Crippen LogP contribution in [-0.4, -0.2) is 18.2 Å². The zero-order valence-electron chi connectivity index (χ0n) is 10.7. The van der Waals surface area contributed by atoms with Crippen LogP contribution in [0.25, 0.3) is 0 Å². The van der Waals surface area contributed by atoms with Crippen LogP contribution in [-0.2, 0) is 4.74 Å². The lowest BCUT2D eigenvalue weighted by atomic mass is 9.81. The highest BCUT2D eigenvalue weighted by molar-refractivity contribution is 4.91. The monoisotopic (exact) mass is 225 g/mol. The average molecular weight is 225 g/mol. The first-order valence-corrected chi connectivity index (χ1v) is 7.14. The molecule has 1 heterocycles. The van der Waals surface area contributed by atoms with Crippen LogP contribution in [0.5, 0.6) is 0 Å². The second-order valence-electron chi connectivity index (χ2n) is 5.84. The van der Waals surface area contributed by atoms with Crippen LogP contribution in [0.1, 0.15) is 64.7 Å². The largest absolute Gasteiger partial charge is 0.375 e. The first-order valence-electron chi connectivity index (χ1n) is 7.14. The molecule has 0 aromatic heterocycles. The van der Waals surface area contributed by atoms with Crippen LogP contribution in [0.15, 0.2) is 0 Å². The molecule has 1 saturated heterocycles. The molecule has 0 aromatic rings. The summed E-state index contributed by atoms with van der Waals surface area (Å²) in [7, 11) is 0. The normalized spacial score (nSPS) is 30.8. The van der Waals surface area contributed by atoms with Crippen molar-refractivity contribution in [3.63, 3.8) is 0 Å². The Hall–Kier alpha value is -0.0800. The van der Waals surface area contributed by atoms with E-state index < -0.39 is 0 Å². The Labute approximate surface area is 99.9 Å². The van der Waals surface area contributed by atoms with E-state index in [0.717, 1.165) is 18.9 Å². The summed E-state index contributed by atoms with van der Waals surface area (Å²) in [4.78, 5) is 0. The molecule has 0 bridgehead atoms. The summed E-state index contributed by atoms with van der Waals surface area (Å²) in [6.07, 6.45) is 11.6. The maximum atomic E-state index is 6.06. The van der Waals surface area contributed by atoms with Crippen molar-refractivity contribution in [2.75, 3.05) is 6.61 Å². The van der Waals surface area contributed by atoms with Gasteiger partial charge in [-0.1, -0.05) is 19.8 Å². The summed E-state index contributed by atoms with van der Waals surface area (Å²) in [5.41, 5.74) is 6.29. The molecule has 2 nitrogen and oxygen atoms in total. The van der Waals surface area contributed by atoms with E-state index in [0.29, 0.717) is 11.6 Å². The number of rotatable bonds is 4. The second-order valence-corrected chi connectivity index (χ2v) is 5.84. The highest BCUT2D eigenvalue weighted by Crippen LogP contribution is 2.43. The molecule has 0 aromatic carbocycles. The third-order valence-corrected chi connectivity index (χ3v) is 4.58. The topological polar surface area (TPSA) is 35.2 Å². The minimum absolute atomic E-state index is 0.291. The molecule has 1 aliphatic heterocycles. The van der Waals surface area contributed by atoms with E-state index in [1.807, 2.05) is 0 Å². The molecule has 1 aliphatic carbocycles. The van der Waals surface area contributed by atoms with E-state index in [2.05, 4.69) is 6.92 Å². The summed E-state index contributed by atoms with van der Waals surface area (Å²) in [5.74, 6) is 0.879. The molecule has 2 heteroatoms. The molecule has 16 heavy (non-hydrogen) atoms. The van der Waals surface area contributed by atoms with E-state index in [9.17, 15) is 0 Å². The molecule has 1 spiro atoms. The lowest BCUT2D eigenvalue weighted by molar-refractivity contribution is -0.0940. The van der Waals surface area contributed by atoms with E-state index in [-0.39, 0.29) is 0 Å². The summed E-state index contributed by atoms with van der Waals surface area (Å²) in [6.45, 7) is 3.18. The standard InChI is InChI=1S/C14H27NO/c1-2-13(15)6-5-12-7-10-16-14(11-12)8-3-4-9-14/h12-13H,2-11,15H2,1H3.